The molecule has 0 spiro atoms. The molecule has 2 aliphatic rings. The lowest BCUT2D eigenvalue weighted by molar-refractivity contribution is -0.141. The van der Waals surface area contributed by atoms with Crippen molar-refractivity contribution in [3.8, 4) is 11.5 Å². The van der Waals surface area contributed by atoms with Crippen LogP contribution in [0.3, 0.4) is 0 Å². The molecule has 1 aliphatic heterocycles. The Bertz CT molecular complexity index is 1360. The van der Waals surface area contributed by atoms with Crippen LogP contribution in [0.25, 0.3) is 5.76 Å². The zero-order chi connectivity index (χ0) is 27.4. The number of carbonyl (C=O) groups excluding carboxylic acids is 2. The molecule has 1 N–H and O–H groups in total. The molecular formula is C33H35NO5. The van der Waals surface area contributed by atoms with E-state index in [0.717, 1.165) is 54.5 Å². The first-order valence-electron chi connectivity index (χ1n) is 13.8. The molecule has 2 fully saturated rings. The third-order valence-electron chi connectivity index (χ3n) is 7.64. The lowest BCUT2D eigenvalue weighted by Gasteiger charge is -2.35. The van der Waals surface area contributed by atoms with Crippen LogP contribution in [0.5, 0.6) is 11.5 Å². The highest BCUT2D eigenvalue weighted by Crippen LogP contribution is 2.43. The quantitative estimate of drug-likeness (QED) is 0.201. The molecule has 0 bridgehead atoms. The van der Waals surface area contributed by atoms with Gasteiger partial charge in [-0.1, -0.05) is 61.7 Å². The molecule has 1 unspecified atom stereocenters. The summed E-state index contributed by atoms with van der Waals surface area (Å²) in [7, 11) is 0. The number of hydrogen-bond acceptors (Lipinski definition) is 5. The highest BCUT2D eigenvalue weighted by molar-refractivity contribution is 6.46. The topological polar surface area (TPSA) is 76.1 Å². The van der Waals surface area contributed by atoms with Crippen molar-refractivity contribution in [2.45, 2.75) is 64.6 Å². The zero-order valence-corrected chi connectivity index (χ0v) is 22.6. The number of ketones is 1. The van der Waals surface area contributed by atoms with E-state index in [1.807, 2.05) is 68.4 Å². The van der Waals surface area contributed by atoms with Gasteiger partial charge in [0.15, 0.2) is 0 Å². The van der Waals surface area contributed by atoms with Crippen molar-refractivity contribution < 1.29 is 24.2 Å². The van der Waals surface area contributed by atoms with Crippen molar-refractivity contribution in [3.05, 3.63) is 101 Å². The molecule has 6 heteroatoms. The van der Waals surface area contributed by atoms with Crippen LogP contribution in [0.2, 0.25) is 0 Å². The summed E-state index contributed by atoms with van der Waals surface area (Å²) in [5, 5.41) is 11.5. The Kier molecular flexibility index (Phi) is 8.01. The predicted octanol–water partition coefficient (Wildman–Crippen LogP) is 6.73. The summed E-state index contributed by atoms with van der Waals surface area (Å²) in [5.41, 5.74) is 3.28. The van der Waals surface area contributed by atoms with E-state index in [2.05, 4.69) is 0 Å². The molecule has 1 amide bonds. The van der Waals surface area contributed by atoms with Gasteiger partial charge in [-0.05, 0) is 73.7 Å². The van der Waals surface area contributed by atoms with Gasteiger partial charge in [-0.25, -0.2) is 0 Å². The predicted molar refractivity (Wildman–Crippen MR) is 151 cm³/mol. The number of aliphatic hydroxyl groups excluding tert-OH is 1. The van der Waals surface area contributed by atoms with Crippen molar-refractivity contribution in [1.82, 2.24) is 4.90 Å². The van der Waals surface area contributed by atoms with E-state index in [9.17, 15) is 14.7 Å². The Morgan fingerprint density at radius 2 is 1.64 bits per heavy atom. The number of nitrogens with zero attached hydrogens (tertiary/aromatic N) is 1. The van der Waals surface area contributed by atoms with Crippen LogP contribution in [-0.2, 0) is 16.2 Å². The molecule has 1 atom stereocenters. The summed E-state index contributed by atoms with van der Waals surface area (Å²) < 4.78 is 11.6. The van der Waals surface area contributed by atoms with Gasteiger partial charge in [0.1, 0.15) is 23.9 Å². The fourth-order valence-electron chi connectivity index (χ4n) is 5.68. The van der Waals surface area contributed by atoms with Crippen LogP contribution in [-0.4, -0.2) is 34.3 Å². The number of ether oxygens (including phenoxy) is 2. The smallest absolute Gasteiger partial charge is 0.295 e. The van der Waals surface area contributed by atoms with Gasteiger partial charge in [0.2, 0.25) is 0 Å². The normalized spacial score (nSPS) is 19.3. The highest BCUT2D eigenvalue weighted by Gasteiger charge is 2.48. The minimum absolute atomic E-state index is 0.0347. The van der Waals surface area contributed by atoms with Gasteiger partial charge in [-0.15, -0.1) is 0 Å². The zero-order valence-electron chi connectivity index (χ0n) is 22.6. The second-order valence-corrected chi connectivity index (χ2v) is 10.3. The van der Waals surface area contributed by atoms with Gasteiger partial charge < -0.3 is 19.5 Å². The van der Waals surface area contributed by atoms with E-state index in [-0.39, 0.29) is 17.4 Å². The van der Waals surface area contributed by atoms with E-state index in [0.29, 0.717) is 24.5 Å². The van der Waals surface area contributed by atoms with E-state index < -0.39 is 17.7 Å². The summed E-state index contributed by atoms with van der Waals surface area (Å²) in [6.07, 6.45) is 4.88. The van der Waals surface area contributed by atoms with E-state index in [1.165, 1.54) is 0 Å². The molecule has 1 aliphatic carbocycles. The van der Waals surface area contributed by atoms with Gasteiger partial charge in [0.25, 0.3) is 11.7 Å². The maximum absolute atomic E-state index is 13.5. The van der Waals surface area contributed by atoms with Crippen molar-refractivity contribution in [2.75, 3.05) is 6.61 Å². The monoisotopic (exact) mass is 525 g/mol. The summed E-state index contributed by atoms with van der Waals surface area (Å²) in [4.78, 5) is 28.6. The molecule has 0 radical (unpaired) electrons. The Morgan fingerprint density at radius 1 is 0.923 bits per heavy atom. The molecule has 0 aromatic heterocycles. The maximum atomic E-state index is 13.5. The summed E-state index contributed by atoms with van der Waals surface area (Å²) in [5.74, 6) is 0.0721. The Hall–Kier alpha value is -4.06. The first-order chi connectivity index (χ1) is 19.0. The number of amides is 1. The number of carbonyl (C=O) groups is 2. The number of hydrogen-bond donors (Lipinski definition) is 1. The SMILES string of the molecule is CCOc1ccc(C2/C(=C(/O)c3ccc(OCc4ccccc4)c(C)c3)C(=O)C(=O)N2C2CCCCC2)cc1. The molecule has 3 aromatic rings. The van der Waals surface area contributed by atoms with E-state index in [4.69, 9.17) is 9.47 Å². The van der Waals surface area contributed by atoms with Gasteiger partial charge in [-0.3, -0.25) is 9.59 Å². The molecule has 39 heavy (non-hydrogen) atoms. The highest BCUT2D eigenvalue weighted by atomic mass is 16.5. The lowest BCUT2D eigenvalue weighted by Crippen LogP contribution is -2.40. The van der Waals surface area contributed by atoms with Gasteiger partial charge in [0, 0.05) is 11.6 Å². The molecular weight excluding hydrogens is 490 g/mol. The summed E-state index contributed by atoms with van der Waals surface area (Å²) >= 11 is 0. The van der Waals surface area contributed by atoms with Crippen molar-refractivity contribution >= 4 is 17.4 Å². The number of aryl methyl sites for hydroxylation is 1. The number of Topliss-reactive ketones (excluding diaryl/α,β-unsaturated/α-hetero) is 1. The van der Waals surface area contributed by atoms with Crippen LogP contribution in [0.4, 0.5) is 0 Å². The van der Waals surface area contributed by atoms with Crippen LogP contribution < -0.4 is 9.47 Å². The third-order valence-corrected chi connectivity index (χ3v) is 7.64. The minimum atomic E-state index is -0.655. The van der Waals surface area contributed by atoms with Crippen LogP contribution >= 0.6 is 0 Å². The van der Waals surface area contributed by atoms with Crippen molar-refractivity contribution in [1.29, 1.82) is 0 Å². The maximum Gasteiger partial charge on any atom is 0.295 e. The number of aliphatic hydroxyl groups is 1. The second-order valence-electron chi connectivity index (χ2n) is 10.3. The summed E-state index contributed by atoms with van der Waals surface area (Å²) in [6.45, 7) is 4.80. The Labute approximate surface area is 229 Å². The minimum Gasteiger partial charge on any atom is -0.507 e. The Balaban J connectivity index is 1.51. The van der Waals surface area contributed by atoms with Crippen molar-refractivity contribution in [2.24, 2.45) is 0 Å². The van der Waals surface area contributed by atoms with Crippen LogP contribution in [0.1, 0.15) is 67.3 Å². The fraction of sp³-hybridized carbons (Fsp3) is 0.333. The molecule has 1 heterocycles. The molecule has 5 rings (SSSR count). The molecule has 1 saturated heterocycles. The van der Waals surface area contributed by atoms with Crippen molar-refractivity contribution in [3.63, 3.8) is 0 Å². The number of likely N-dealkylation sites (tertiary alicyclic amines) is 1. The third kappa shape index (κ3) is 5.56. The average molecular weight is 526 g/mol. The average Bonchev–Trinajstić information content (AvgIpc) is 3.23. The van der Waals surface area contributed by atoms with E-state index in [1.54, 1.807) is 23.1 Å². The standard InChI is InChI=1S/C33H35NO5/c1-3-38-27-17-14-24(15-18-27)30-29(32(36)33(37)34(30)26-12-8-5-9-13-26)31(35)25-16-19-28(22(2)20-25)39-21-23-10-6-4-7-11-23/h4,6-7,10-11,14-20,26,30,35H,3,5,8-9,12-13,21H2,1-2H3/b31-29-. The molecule has 6 nitrogen and oxygen atoms in total. The summed E-state index contributed by atoms with van der Waals surface area (Å²) in [6, 6.07) is 22.0. The molecule has 202 valence electrons. The number of benzene rings is 3. The van der Waals surface area contributed by atoms with Gasteiger partial charge in [-0.2, -0.15) is 0 Å². The lowest BCUT2D eigenvalue weighted by atomic mass is 9.91. The van der Waals surface area contributed by atoms with Gasteiger partial charge >= 0.3 is 0 Å². The van der Waals surface area contributed by atoms with E-state index >= 15 is 0 Å². The van der Waals surface area contributed by atoms with Crippen LogP contribution in [0.15, 0.2) is 78.4 Å². The van der Waals surface area contributed by atoms with Crippen LogP contribution in [0, 0.1) is 6.92 Å². The first-order valence-corrected chi connectivity index (χ1v) is 13.8. The van der Waals surface area contributed by atoms with Gasteiger partial charge in [0.05, 0.1) is 18.2 Å². The molecule has 3 aromatic carbocycles. The second kappa shape index (κ2) is 11.8. The molecule has 1 saturated carbocycles. The largest absolute Gasteiger partial charge is 0.507 e. The fourth-order valence-corrected chi connectivity index (χ4v) is 5.68. The Morgan fingerprint density at radius 3 is 2.31 bits per heavy atom. The number of rotatable bonds is 8. The first kappa shape index (κ1) is 26.5.